The van der Waals surface area contributed by atoms with E-state index >= 15 is 0 Å². The number of rotatable bonds is 2. The smallest absolute Gasteiger partial charge is 0.143 e. The number of hydrogen-bond donors (Lipinski definition) is 0. The zero-order chi connectivity index (χ0) is 13.7. The molecule has 0 N–H and O–H groups in total. The van der Waals surface area contributed by atoms with E-state index in [0.717, 1.165) is 12.8 Å². The molecule has 1 aromatic carbocycles. The van der Waals surface area contributed by atoms with Crippen molar-refractivity contribution in [2.75, 3.05) is 0 Å². The lowest BCUT2D eigenvalue weighted by molar-refractivity contribution is -0.126. The molecule has 19 heavy (non-hydrogen) atoms. The molecule has 2 fully saturated rings. The molecule has 2 saturated carbocycles. The lowest BCUT2D eigenvalue weighted by Crippen LogP contribution is -2.35. The second kappa shape index (κ2) is 3.82. The maximum atomic E-state index is 12.5. The van der Waals surface area contributed by atoms with E-state index in [1.807, 2.05) is 18.2 Å². The minimum atomic E-state index is -0.239. The predicted octanol–water partition coefficient (Wildman–Crippen LogP) is 4.49. The third kappa shape index (κ3) is 1.51. The second-order valence-electron chi connectivity index (χ2n) is 7.00. The molecule has 3 rings (SSSR count). The summed E-state index contributed by atoms with van der Waals surface area (Å²) in [5.74, 6) is 0.443. The lowest BCUT2D eigenvalue weighted by atomic mass is 9.65. The Bertz CT molecular complexity index is 540. The van der Waals surface area contributed by atoms with E-state index in [1.54, 1.807) is 0 Å². The predicted molar refractivity (Wildman–Crippen MR) is 78.7 cm³/mol. The average Bonchev–Trinajstić information content (AvgIpc) is 2.66. The summed E-state index contributed by atoms with van der Waals surface area (Å²) in [7, 11) is 0. The molecule has 0 heterocycles. The Hall–Kier alpha value is -1.37. The number of fused-ring (bicyclic) bond motifs is 2. The van der Waals surface area contributed by atoms with Gasteiger partial charge in [0.2, 0.25) is 0 Å². The molecular formula is C18H22O. The number of carbonyl (C=O) groups is 1. The van der Waals surface area contributed by atoms with E-state index in [1.165, 1.54) is 12.0 Å². The molecule has 2 aliphatic rings. The minimum absolute atomic E-state index is 0.0718. The van der Waals surface area contributed by atoms with Crippen LogP contribution in [0.25, 0.3) is 6.08 Å². The van der Waals surface area contributed by atoms with Gasteiger partial charge in [0.1, 0.15) is 5.78 Å². The Labute approximate surface area is 115 Å². The van der Waals surface area contributed by atoms with Gasteiger partial charge in [0, 0.05) is 6.42 Å². The van der Waals surface area contributed by atoms with Crippen LogP contribution in [0.4, 0.5) is 0 Å². The molecule has 0 saturated heterocycles. The monoisotopic (exact) mass is 254 g/mol. The largest absolute Gasteiger partial charge is 0.299 e. The highest BCUT2D eigenvalue weighted by molar-refractivity contribution is 5.93. The van der Waals surface area contributed by atoms with Crippen LogP contribution in [0.2, 0.25) is 0 Å². The summed E-state index contributed by atoms with van der Waals surface area (Å²) in [4.78, 5) is 12.5. The fourth-order valence-electron chi connectivity index (χ4n) is 4.13. The highest BCUT2D eigenvalue weighted by Crippen LogP contribution is 2.71. The molecule has 0 amide bonds. The summed E-state index contributed by atoms with van der Waals surface area (Å²) in [5, 5.41) is 0. The van der Waals surface area contributed by atoms with Crippen molar-refractivity contribution in [3.05, 3.63) is 42.0 Å². The van der Waals surface area contributed by atoms with Gasteiger partial charge in [-0.1, -0.05) is 63.3 Å². The second-order valence-corrected chi connectivity index (χ2v) is 7.00. The molecule has 1 aromatic rings. The Kier molecular flexibility index (Phi) is 2.54. The van der Waals surface area contributed by atoms with Crippen molar-refractivity contribution in [1.29, 1.82) is 0 Å². The first-order valence-electron chi connectivity index (χ1n) is 7.19. The standard InChI is InChI=1S/C18H22O/c1-16(2)17(3)11-12-18(16,15(19)13-17)10-9-14-7-5-4-6-8-14/h4-10H,11-13H2,1-3H3/b10-9+. The van der Waals surface area contributed by atoms with E-state index < -0.39 is 0 Å². The summed E-state index contributed by atoms with van der Waals surface area (Å²) >= 11 is 0. The fourth-order valence-corrected chi connectivity index (χ4v) is 4.13. The van der Waals surface area contributed by atoms with Crippen molar-refractivity contribution in [3.63, 3.8) is 0 Å². The maximum absolute atomic E-state index is 12.5. The zero-order valence-corrected chi connectivity index (χ0v) is 12.1. The molecule has 2 atom stereocenters. The van der Waals surface area contributed by atoms with Crippen LogP contribution < -0.4 is 0 Å². The van der Waals surface area contributed by atoms with Crippen LogP contribution >= 0.6 is 0 Å². The topological polar surface area (TPSA) is 17.1 Å². The van der Waals surface area contributed by atoms with Crippen LogP contribution in [-0.4, -0.2) is 5.78 Å². The quantitative estimate of drug-likeness (QED) is 0.760. The summed E-state index contributed by atoms with van der Waals surface area (Å²) in [6, 6.07) is 10.3. The number of carbonyl (C=O) groups excluding carboxylic acids is 1. The number of allylic oxidation sites excluding steroid dienone is 1. The van der Waals surface area contributed by atoms with Crippen LogP contribution in [0.1, 0.15) is 45.6 Å². The van der Waals surface area contributed by atoms with Gasteiger partial charge in [-0.3, -0.25) is 4.79 Å². The molecular weight excluding hydrogens is 232 g/mol. The van der Waals surface area contributed by atoms with E-state index in [9.17, 15) is 4.79 Å². The van der Waals surface area contributed by atoms with E-state index in [2.05, 4.69) is 45.1 Å². The highest BCUT2D eigenvalue weighted by atomic mass is 16.1. The minimum Gasteiger partial charge on any atom is -0.299 e. The van der Waals surface area contributed by atoms with Crippen molar-refractivity contribution < 1.29 is 4.79 Å². The SMILES string of the molecule is CC12CCC(/C=C/c3ccccc3)(C(=O)C1)C2(C)C. The number of benzene rings is 1. The van der Waals surface area contributed by atoms with Gasteiger partial charge in [-0.2, -0.15) is 0 Å². The Morgan fingerprint density at radius 3 is 2.26 bits per heavy atom. The van der Waals surface area contributed by atoms with Crippen molar-refractivity contribution in [2.24, 2.45) is 16.2 Å². The molecule has 1 nitrogen and oxygen atoms in total. The Morgan fingerprint density at radius 2 is 1.74 bits per heavy atom. The van der Waals surface area contributed by atoms with Gasteiger partial charge < -0.3 is 0 Å². The molecule has 0 aromatic heterocycles. The summed E-state index contributed by atoms with van der Waals surface area (Å²) in [5.41, 5.74) is 1.20. The van der Waals surface area contributed by atoms with Crippen molar-refractivity contribution >= 4 is 11.9 Å². The van der Waals surface area contributed by atoms with Gasteiger partial charge >= 0.3 is 0 Å². The molecule has 0 aliphatic heterocycles. The van der Waals surface area contributed by atoms with Gasteiger partial charge in [-0.05, 0) is 29.2 Å². The Morgan fingerprint density at radius 1 is 1.05 bits per heavy atom. The van der Waals surface area contributed by atoms with Gasteiger partial charge in [0.05, 0.1) is 5.41 Å². The maximum Gasteiger partial charge on any atom is 0.143 e. The number of hydrogen-bond acceptors (Lipinski definition) is 1. The molecule has 0 spiro atoms. The van der Waals surface area contributed by atoms with Gasteiger partial charge in [-0.15, -0.1) is 0 Å². The van der Waals surface area contributed by atoms with Crippen LogP contribution in [0.5, 0.6) is 0 Å². The first-order valence-corrected chi connectivity index (χ1v) is 7.19. The molecule has 2 bridgehead atoms. The van der Waals surface area contributed by atoms with E-state index in [-0.39, 0.29) is 16.2 Å². The highest BCUT2D eigenvalue weighted by Gasteiger charge is 2.68. The summed E-state index contributed by atoms with van der Waals surface area (Å²) in [6.07, 6.45) is 7.27. The third-order valence-corrected chi connectivity index (χ3v) is 6.10. The zero-order valence-electron chi connectivity index (χ0n) is 12.1. The first kappa shape index (κ1) is 12.7. The van der Waals surface area contributed by atoms with E-state index in [0.29, 0.717) is 5.78 Å². The van der Waals surface area contributed by atoms with Crippen LogP contribution in [0, 0.1) is 16.2 Å². The van der Waals surface area contributed by atoms with Crippen LogP contribution in [0.3, 0.4) is 0 Å². The van der Waals surface area contributed by atoms with Crippen molar-refractivity contribution in [2.45, 2.75) is 40.0 Å². The van der Waals surface area contributed by atoms with Crippen molar-refractivity contribution in [1.82, 2.24) is 0 Å². The number of Topliss-reactive ketones (excluding diaryl/α,β-unsaturated/α-hetero) is 1. The molecule has 100 valence electrons. The molecule has 2 unspecified atom stereocenters. The lowest BCUT2D eigenvalue weighted by Gasteiger charge is -2.38. The summed E-state index contributed by atoms with van der Waals surface area (Å²) in [6.45, 7) is 6.84. The van der Waals surface area contributed by atoms with Gasteiger partial charge in [-0.25, -0.2) is 0 Å². The molecule has 1 heteroatoms. The van der Waals surface area contributed by atoms with Gasteiger partial charge in [0.15, 0.2) is 0 Å². The fraction of sp³-hybridized carbons (Fsp3) is 0.500. The normalized spacial score (nSPS) is 36.3. The van der Waals surface area contributed by atoms with Crippen molar-refractivity contribution in [3.8, 4) is 0 Å². The summed E-state index contributed by atoms with van der Waals surface area (Å²) < 4.78 is 0. The van der Waals surface area contributed by atoms with Crippen LogP contribution in [0.15, 0.2) is 36.4 Å². The Balaban J connectivity index is 2.00. The molecule has 0 radical (unpaired) electrons. The third-order valence-electron chi connectivity index (χ3n) is 6.10. The average molecular weight is 254 g/mol. The number of ketones is 1. The first-order chi connectivity index (χ1) is 8.91. The van der Waals surface area contributed by atoms with Crippen LogP contribution in [-0.2, 0) is 4.79 Å². The van der Waals surface area contributed by atoms with Gasteiger partial charge in [0.25, 0.3) is 0 Å². The van der Waals surface area contributed by atoms with E-state index in [4.69, 9.17) is 0 Å². The molecule has 2 aliphatic carbocycles.